The average Bonchev–Trinajstić information content (AvgIpc) is 3.15. The molecule has 0 saturated carbocycles. The quantitative estimate of drug-likeness (QED) is 0.265. The van der Waals surface area contributed by atoms with E-state index >= 15 is 0 Å². The van der Waals surface area contributed by atoms with Crippen LogP contribution in [-0.2, 0) is 10.0 Å². The fraction of sp³-hybridized carbons (Fsp3) is 0.438. The van der Waals surface area contributed by atoms with E-state index in [4.69, 9.17) is 4.63 Å². The Morgan fingerprint density at radius 1 is 1.52 bits per heavy atom. The van der Waals surface area contributed by atoms with E-state index in [1.165, 1.54) is 40.5 Å². The highest BCUT2D eigenvalue weighted by atomic mass is 79.9. The molecule has 0 bridgehead atoms. The van der Waals surface area contributed by atoms with Crippen molar-refractivity contribution in [1.82, 2.24) is 20.1 Å². The number of aromatic nitrogens is 2. The van der Waals surface area contributed by atoms with Crippen LogP contribution >= 0.6 is 27.7 Å². The second kappa shape index (κ2) is 9.51. The lowest BCUT2D eigenvalue weighted by Crippen LogP contribution is -2.39. The number of nitrogens with zero attached hydrogens (tertiary/aromatic N) is 4. The molecule has 0 spiro atoms. The number of benzene rings is 1. The second-order valence-corrected chi connectivity index (χ2v) is 10.4. The lowest BCUT2D eigenvalue weighted by atomic mass is 10.0. The first kappa shape index (κ1) is 22.2. The van der Waals surface area contributed by atoms with Gasteiger partial charge in [0.1, 0.15) is 5.82 Å². The Morgan fingerprint density at radius 3 is 3.00 bits per heavy atom. The molecular weight excluding hydrogens is 489 g/mol. The maximum absolute atomic E-state index is 13.4. The molecule has 0 radical (unpaired) electrons. The van der Waals surface area contributed by atoms with E-state index in [1.54, 1.807) is 0 Å². The Morgan fingerprint density at radius 2 is 2.31 bits per heavy atom. The molecule has 1 saturated heterocycles. The number of hydroxylamine groups is 1. The van der Waals surface area contributed by atoms with Crippen molar-refractivity contribution in [3.05, 3.63) is 34.2 Å². The summed E-state index contributed by atoms with van der Waals surface area (Å²) in [5.41, 5.74) is 2.55. The predicted molar refractivity (Wildman–Crippen MR) is 109 cm³/mol. The van der Waals surface area contributed by atoms with Crippen LogP contribution in [0.15, 0.2) is 37.3 Å². The molecule has 1 aliphatic rings. The van der Waals surface area contributed by atoms with Crippen LogP contribution in [0.1, 0.15) is 18.5 Å². The highest BCUT2D eigenvalue weighted by molar-refractivity contribution is 9.10. The van der Waals surface area contributed by atoms with Crippen LogP contribution in [0.5, 0.6) is 0 Å². The highest BCUT2D eigenvalue weighted by Crippen LogP contribution is 2.28. The molecule has 1 fully saturated rings. The molecule has 2 aromatic rings. The van der Waals surface area contributed by atoms with Gasteiger partial charge in [-0.2, -0.15) is 0 Å². The molecule has 2 heterocycles. The molecule has 3 rings (SSSR count). The summed E-state index contributed by atoms with van der Waals surface area (Å²) >= 11 is 4.43. The third-order valence-corrected chi connectivity index (χ3v) is 7.40. The smallest absolute Gasteiger partial charge is 0.211 e. The summed E-state index contributed by atoms with van der Waals surface area (Å²) < 4.78 is 43.4. The van der Waals surface area contributed by atoms with Gasteiger partial charge in [-0.3, -0.25) is 10.7 Å². The predicted octanol–water partition coefficient (Wildman–Crippen LogP) is 2.79. The van der Waals surface area contributed by atoms with Gasteiger partial charge in [-0.1, -0.05) is 0 Å². The second-order valence-electron chi connectivity index (χ2n) is 6.53. The zero-order valence-electron chi connectivity index (χ0n) is 15.4. The Bertz CT molecular complexity index is 1000. The number of thioether (sulfide) groups is 1. The Hall–Kier alpha value is -1.54. The van der Waals surface area contributed by atoms with E-state index in [-0.39, 0.29) is 21.9 Å². The van der Waals surface area contributed by atoms with Crippen LogP contribution in [0.3, 0.4) is 0 Å². The van der Waals surface area contributed by atoms with Crippen LogP contribution in [-0.4, -0.2) is 59.2 Å². The molecule has 13 heteroatoms. The van der Waals surface area contributed by atoms with Crippen molar-refractivity contribution >= 4 is 49.2 Å². The van der Waals surface area contributed by atoms with E-state index < -0.39 is 15.8 Å². The Kier molecular flexibility index (Phi) is 7.27. The maximum Gasteiger partial charge on any atom is 0.211 e. The van der Waals surface area contributed by atoms with Crippen molar-refractivity contribution < 1.29 is 22.6 Å². The molecule has 0 amide bonds. The number of halogens is 2. The van der Waals surface area contributed by atoms with E-state index in [1.807, 2.05) is 5.48 Å². The van der Waals surface area contributed by atoms with Crippen molar-refractivity contribution in [2.24, 2.45) is 10.9 Å². The maximum atomic E-state index is 13.4. The summed E-state index contributed by atoms with van der Waals surface area (Å²) in [5.74, 6) is 0.322. The Balaban J connectivity index is 1.72. The molecular formula is C16H19BrFN5O4S2. The summed E-state index contributed by atoms with van der Waals surface area (Å²) in [5, 5.41) is 17.5. The fourth-order valence-electron chi connectivity index (χ4n) is 2.90. The van der Waals surface area contributed by atoms with Gasteiger partial charge < -0.3 is 0 Å². The standard InChI is InChI=1S/C16H19BrFN5O4S2/c1-29(25,26)23-6-2-3-10(8-23)9-28-16-14(21-27-22-16)15(20-24)19-11-4-5-13(18)12(17)7-11/h4-5,7,10,24H,2-3,6,8-9H2,1H3,(H,19,20). The molecule has 9 nitrogen and oxygen atoms in total. The van der Waals surface area contributed by atoms with Crippen molar-refractivity contribution in [2.75, 3.05) is 25.1 Å². The zero-order chi connectivity index (χ0) is 21.0. The third-order valence-electron chi connectivity index (χ3n) is 4.34. The van der Waals surface area contributed by atoms with E-state index in [0.717, 1.165) is 12.8 Å². The Labute approximate surface area is 179 Å². The van der Waals surface area contributed by atoms with Gasteiger partial charge in [0.05, 0.1) is 16.4 Å². The van der Waals surface area contributed by atoms with Gasteiger partial charge in [-0.25, -0.2) is 26.7 Å². The summed E-state index contributed by atoms with van der Waals surface area (Å²) in [6.07, 6.45) is 2.92. The van der Waals surface area contributed by atoms with E-state index in [0.29, 0.717) is 29.6 Å². The number of rotatable bonds is 6. The highest BCUT2D eigenvalue weighted by Gasteiger charge is 2.27. The summed E-state index contributed by atoms with van der Waals surface area (Å²) in [7, 11) is -3.21. The van der Waals surface area contributed by atoms with Crippen LogP contribution in [0.2, 0.25) is 0 Å². The molecule has 1 aromatic carbocycles. The number of sulfonamides is 1. The minimum absolute atomic E-state index is 0.00587. The van der Waals surface area contributed by atoms with Gasteiger partial charge in [0.15, 0.2) is 16.6 Å². The lowest BCUT2D eigenvalue weighted by Gasteiger charge is -2.30. The zero-order valence-corrected chi connectivity index (χ0v) is 18.6. The van der Waals surface area contributed by atoms with Crippen molar-refractivity contribution in [1.29, 1.82) is 0 Å². The van der Waals surface area contributed by atoms with Gasteiger partial charge in [-0.05, 0) is 63.2 Å². The molecule has 0 aliphatic carbocycles. The van der Waals surface area contributed by atoms with E-state index in [9.17, 15) is 18.0 Å². The molecule has 29 heavy (non-hydrogen) atoms. The summed E-state index contributed by atoms with van der Waals surface area (Å²) in [6, 6.07) is 4.14. The minimum atomic E-state index is -3.21. The first-order valence-corrected chi connectivity index (χ1v) is 12.3. The molecule has 1 unspecified atom stereocenters. The molecule has 158 valence electrons. The monoisotopic (exact) mass is 507 g/mol. The van der Waals surface area contributed by atoms with Gasteiger partial charge in [-0.15, -0.1) is 11.8 Å². The topological polar surface area (TPSA) is 121 Å². The summed E-state index contributed by atoms with van der Waals surface area (Å²) in [6.45, 7) is 0.991. The van der Waals surface area contributed by atoms with Crippen LogP contribution < -0.4 is 5.48 Å². The normalized spacial score (nSPS) is 18.8. The van der Waals surface area contributed by atoms with Crippen molar-refractivity contribution in [2.45, 2.75) is 17.9 Å². The largest absolute Gasteiger partial charge is 0.290 e. The number of hydrogen-bond donors (Lipinski definition) is 2. The van der Waals surface area contributed by atoms with Gasteiger partial charge >= 0.3 is 0 Å². The van der Waals surface area contributed by atoms with Gasteiger partial charge in [0.2, 0.25) is 10.0 Å². The first-order chi connectivity index (χ1) is 13.8. The fourth-order valence-corrected chi connectivity index (χ4v) is 5.23. The minimum Gasteiger partial charge on any atom is -0.290 e. The SMILES string of the molecule is CS(=O)(=O)N1CCCC(CSc2nonc2C(=Nc2ccc(F)c(Br)c2)NO)C1. The average molecular weight is 508 g/mol. The molecule has 1 aliphatic heterocycles. The van der Waals surface area contributed by atoms with Crippen LogP contribution in [0, 0.1) is 11.7 Å². The number of nitrogens with one attached hydrogen (secondary N) is 1. The number of hydrogen-bond acceptors (Lipinski definition) is 8. The summed E-state index contributed by atoms with van der Waals surface area (Å²) in [4.78, 5) is 4.22. The van der Waals surface area contributed by atoms with Crippen LogP contribution in [0.4, 0.5) is 10.1 Å². The first-order valence-electron chi connectivity index (χ1n) is 8.62. The van der Waals surface area contributed by atoms with Gasteiger partial charge in [0, 0.05) is 18.8 Å². The third kappa shape index (κ3) is 5.75. The molecule has 1 aromatic heterocycles. The molecule has 1 atom stereocenters. The van der Waals surface area contributed by atoms with Crippen molar-refractivity contribution in [3.8, 4) is 0 Å². The number of amidine groups is 1. The number of aliphatic imine (C=N–C) groups is 1. The molecule has 2 N–H and O–H groups in total. The number of piperidine rings is 1. The van der Waals surface area contributed by atoms with E-state index in [2.05, 4.69) is 31.2 Å². The van der Waals surface area contributed by atoms with Crippen LogP contribution in [0.25, 0.3) is 0 Å². The van der Waals surface area contributed by atoms with Gasteiger partial charge in [0.25, 0.3) is 0 Å². The van der Waals surface area contributed by atoms with Crippen molar-refractivity contribution in [3.63, 3.8) is 0 Å². The lowest BCUT2D eigenvalue weighted by molar-refractivity contribution is 0.234.